The molecule has 1 saturated carbocycles. The van der Waals surface area contributed by atoms with E-state index < -0.39 is 0 Å². The molecule has 108 valence electrons. The number of aromatic nitrogens is 2. The minimum Gasteiger partial charge on any atom is -0.309 e. The molecule has 2 bridgehead atoms. The first-order valence-electron chi connectivity index (χ1n) is 7.58. The van der Waals surface area contributed by atoms with E-state index in [0.29, 0.717) is 12.6 Å². The molecule has 0 radical (unpaired) electrons. The van der Waals surface area contributed by atoms with Crippen molar-refractivity contribution in [3.63, 3.8) is 0 Å². The van der Waals surface area contributed by atoms with Crippen LogP contribution in [0.15, 0.2) is 10.9 Å². The maximum atomic E-state index is 11.9. The van der Waals surface area contributed by atoms with Crippen LogP contribution in [0.5, 0.6) is 0 Å². The first-order chi connectivity index (χ1) is 9.78. The van der Waals surface area contributed by atoms with Crippen molar-refractivity contribution in [2.75, 3.05) is 32.7 Å². The van der Waals surface area contributed by atoms with Crippen molar-refractivity contribution < 1.29 is 0 Å². The Bertz CT molecular complexity index is 545. The first-order valence-corrected chi connectivity index (χ1v) is 7.58. The molecule has 2 N–H and O–H groups in total. The molecule has 3 aliphatic heterocycles. The lowest BCUT2D eigenvalue weighted by atomic mass is 10.1. The normalized spacial score (nSPS) is 32.5. The molecular formula is C14H21N5O. The maximum absolute atomic E-state index is 11.9. The molecule has 1 aromatic heterocycles. The highest BCUT2D eigenvalue weighted by Gasteiger charge is 2.34. The quantitative estimate of drug-likeness (QED) is 0.789. The summed E-state index contributed by atoms with van der Waals surface area (Å²) in [6, 6.07) is 2.52. The van der Waals surface area contributed by atoms with Crippen LogP contribution in [0.3, 0.4) is 0 Å². The summed E-state index contributed by atoms with van der Waals surface area (Å²) in [7, 11) is 0. The highest BCUT2D eigenvalue weighted by Crippen LogP contribution is 2.26. The number of hydrogen-bond acceptors (Lipinski definition) is 5. The van der Waals surface area contributed by atoms with Crippen LogP contribution in [0.4, 0.5) is 0 Å². The van der Waals surface area contributed by atoms with Gasteiger partial charge in [-0.15, -0.1) is 0 Å². The molecule has 0 amide bonds. The molecule has 6 heteroatoms. The molecule has 4 aliphatic rings. The fourth-order valence-electron chi connectivity index (χ4n) is 3.19. The van der Waals surface area contributed by atoms with Crippen LogP contribution in [-0.4, -0.2) is 58.5 Å². The minimum atomic E-state index is -0.0276. The van der Waals surface area contributed by atoms with Gasteiger partial charge in [-0.3, -0.25) is 14.6 Å². The second kappa shape index (κ2) is 4.95. The van der Waals surface area contributed by atoms with E-state index in [1.165, 1.54) is 12.8 Å². The van der Waals surface area contributed by atoms with Gasteiger partial charge in [-0.1, -0.05) is 0 Å². The first kappa shape index (κ1) is 12.5. The van der Waals surface area contributed by atoms with Crippen molar-refractivity contribution in [1.82, 2.24) is 25.1 Å². The van der Waals surface area contributed by atoms with E-state index in [0.717, 1.165) is 44.2 Å². The fourth-order valence-corrected chi connectivity index (χ4v) is 3.19. The van der Waals surface area contributed by atoms with Crippen LogP contribution in [0, 0.1) is 0 Å². The zero-order valence-corrected chi connectivity index (χ0v) is 11.6. The predicted octanol–water partition coefficient (Wildman–Crippen LogP) is -0.306. The smallest absolute Gasteiger partial charge is 0.251 e. The Labute approximate surface area is 118 Å². The van der Waals surface area contributed by atoms with E-state index in [-0.39, 0.29) is 11.6 Å². The molecule has 6 nitrogen and oxygen atoms in total. The number of piperazine rings is 3. The van der Waals surface area contributed by atoms with E-state index in [2.05, 4.69) is 25.1 Å². The molecule has 1 aromatic rings. The van der Waals surface area contributed by atoms with Crippen molar-refractivity contribution in [3.8, 4) is 0 Å². The molecule has 0 spiro atoms. The van der Waals surface area contributed by atoms with Gasteiger partial charge in [0.2, 0.25) is 0 Å². The molecule has 5 rings (SSSR count). The molecular weight excluding hydrogens is 254 g/mol. The molecule has 1 unspecified atom stereocenters. The lowest BCUT2D eigenvalue weighted by Crippen LogP contribution is -2.57. The number of hydrogen-bond donors (Lipinski definition) is 2. The zero-order chi connectivity index (χ0) is 13.5. The Morgan fingerprint density at radius 3 is 2.75 bits per heavy atom. The minimum absolute atomic E-state index is 0.0276. The molecule has 1 atom stereocenters. The predicted molar refractivity (Wildman–Crippen MR) is 75.5 cm³/mol. The van der Waals surface area contributed by atoms with E-state index in [1.54, 1.807) is 6.07 Å². The number of rotatable bonds is 4. The van der Waals surface area contributed by atoms with Gasteiger partial charge in [0.25, 0.3) is 5.56 Å². The van der Waals surface area contributed by atoms with Crippen LogP contribution in [0.1, 0.15) is 30.4 Å². The topological polar surface area (TPSA) is 64.3 Å². The van der Waals surface area contributed by atoms with E-state index >= 15 is 0 Å². The molecule has 1 aliphatic carbocycles. The zero-order valence-electron chi connectivity index (χ0n) is 11.6. The van der Waals surface area contributed by atoms with Crippen molar-refractivity contribution in [2.24, 2.45) is 0 Å². The van der Waals surface area contributed by atoms with Gasteiger partial charge >= 0.3 is 0 Å². The number of H-pyrrole nitrogens is 1. The highest BCUT2D eigenvalue weighted by molar-refractivity contribution is 5.09. The maximum Gasteiger partial charge on any atom is 0.251 e. The Morgan fingerprint density at radius 1 is 1.30 bits per heavy atom. The van der Waals surface area contributed by atoms with Gasteiger partial charge in [0.15, 0.2) is 0 Å². The lowest BCUT2D eigenvalue weighted by Gasteiger charge is -2.46. The highest BCUT2D eigenvalue weighted by atomic mass is 16.1. The van der Waals surface area contributed by atoms with Gasteiger partial charge in [-0.2, -0.15) is 0 Å². The summed E-state index contributed by atoms with van der Waals surface area (Å²) in [4.78, 5) is 24.4. The van der Waals surface area contributed by atoms with E-state index in [9.17, 15) is 4.79 Å². The summed E-state index contributed by atoms with van der Waals surface area (Å²) in [5.74, 6) is 0.842. The third kappa shape index (κ3) is 2.51. The summed E-state index contributed by atoms with van der Waals surface area (Å²) in [6.07, 6.45) is 2.50. The third-order valence-corrected chi connectivity index (χ3v) is 4.56. The molecule has 20 heavy (non-hydrogen) atoms. The van der Waals surface area contributed by atoms with E-state index in [4.69, 9.17) is 0 Å². The van der Waals surface area contributed by atoms with Gasteiger partial charge in [0, 0.05) is 51.4 Å². The number of nitrogens with zero attached hydrogens (tertiary/aromatic N) is 3. The van der Waals surface area contributed by atoms with Crippen molar-refractivity contribution in [1.29, 1.82) is 0 Å². The van der Waals surface area contributed by atoms with Crippen molar-refractivity contribution in [3.05, 3.63) is 27.9 Å². The summed E-state index contributed by atoms with van der Waals surface area (Å²) in [6.45, 7) is 6.14. The van der Waals surface area contributed by atoms with Crippen LogP contribution in [-0.2, 0) is 6.54 Å². The largest absolute Gasteiger partial charge is 0.309 e. The van der Waals surface area contributed by atoms with Gasteiger partial charge < -0.3 is 10.3 Å². The van der Waals surface area contributed by atoms with Crippen LogP contribution < -0.4 is 10.9 Å². The van der Waals surface area contributed by atoms with Gasteiger partial charge in [0.05, 0.1) is 11.7 Å². The number of aromatic amines is 1. The van der Waals surface area contributed by atoms with Crippen LogP contribution in [0.25, 0.3) is 0 Å². The Morgan fingerprint density at radius 2 is 2.10 bits per heavy atom. The summed E-state index contributed by atoms with van der Waals surface area (Å²) < 4.78 is 0. The standard InChI is InChI=1S/C14H21N5O/c20-13-7-11(8-15-10-1-2-10)16-14(17-13)12-9-18-3-5-19(12)6-4-18/h7,10,12,15H,1-6,8-9H2,(H,16,17,20). The van der Waals surface area contributed by atoms with Gasteiger partial charge in [0.1, 0.15) is 5.82 Å². The van der Waals surface area contributed by atoms with Crippen LogP contribution in [0.2, 0.25) is 0 Å². The average Bonchev–Trinajstić information content (AvgIpc) is 3.30. The SMILES string of the molecule is O=c1cc(CNC2CC2)nc(C2CN3CCN2CC3)[nH]1. The summed E-state index contributed by atoms with van der Waals surface area (Å²) >= 11 is 0. The second-order valence-electron chi connectivity index (χ2n) is 6.13. The Balaban J connectivity index is 1.55. The monoisotopic (exact) mass is 275 g/mol. The lowest BCUT2D eigenvalue weighted by molar-refractivity contribution is 0.00845. The Hall–Kier alpha value is -1.24. The third-order valence-electron chi connectivity index (χ3n) is 4.56. The van der Waals surface area contributed by atoms with Crippen LogP contribution >= 0.6 is 0 Å². The van der Waals surface area contributed by atoms with Crippen molar-refractivity contribution in [2.45, 2.75) is 31.5 Å². The van der Waals surface area contributed by atoms with Gasteiger partial charge in [-0.25, -0.2) is 4.98 Å². The molecule has 0 aromatic carbocycles. The number of nitrogens with one attached hydrogen (secondary N) is 2. The molecule has 4 heterocycles. The molecule has 4 fully saturated rings. The van der Waals surface area contributed by atoms with E-state index in [1.807, 2.05) is 0 Å². The Kier molecular flexibility index (Phi) is 3.09. The number of fused-ring (bicyclic) bond motifs is 3. The van der Waals surface area contributed by atoms with Crippen molar-refractivity contribution >= 4 is 0 Å². The van der Waals surface area contributed by atoms with Gasteiger partial charge in [-0.05, 0) is 12.8 Å². The molecule has 3 saturated heterocycles. The second-order valence-corrected chi connectivity index (χ2v) is 6.13. The fraction of sp³-hybridized carbons (Fsp3) is 0.714. The summed E-state index contributed by atoms with van der Waals surface area (Å²) in [5.41, 5.74) is 0.841. The average molecular weight is 275 g/mol. The summed E-state index contributed by atoms with van der Waals surface area (Å²) in [5, 5.41) is 3.42.